The fraction of sp³-hybridized carbons (Fsp3) is 0.286. The molecule has 3 rings (SSSR count). The summed E-state index contributed by atoms with van der Waals surface area (Å²) in [5.41, 5.74) is 2.33. The molecule has 2 aromatic carbocycles. The Morgan fingerprint density at radius 3 is 2.71 bits per heavy atom. The summed E-state index contributed by atoms with van der Waals surface area (Å²) in [6.45, 7) is 6.32. The molecular weight excluding hydrogens is 314 g/mol. The highest BCUT2D eigenvalue weighted by molar-refractivity contribution is 7.18. The van der Waals surface area contributed by atoms with Crippen LogP contribution in [0, 0.1) is 0 Å². The van der Waals surface area contributed by atoms with Gasteiger partial charge in [-0.3, -0.25) is 0 Å². The van der Waals surface area contributed by atoms with E-state index < -0.39 is 0 Å². The van der Waals surface area contributed by atoms with Crippen molar-refractivity contribution < 1.29 is 4.74 Å². The number of aryl methyl sites for hydroxylation is 1. The number of hydrogen-bond donors (Lipinski definition) is 0. The Labute approximate surface area is 147 Å². The highest BCUT2D eigenvalue weighted by atomic mass is 32.1. The minimum atomic E-state index is -0.0916. The van der Waals surface area contributed by atoms with Gasteiger partial charge in [-0.25, -0.2) is 4.98 Å². The van der Waals surface area contributed by atoms with Gasteiger partial charge in [0.15, 0.2) is 0 Å². The average Bonchev–Trinajstić information content (AvgIpc) is 3.06. The molecular formula is C21H23NOS. The summed E-state index contributed by atoms with van der Waals surface area (Å²) in [6.07, 6.45) is 5.30. The number of rotatable bonds is 7. The van der Waals surface area contributed by atoms with Crippen LogP contribution in [0.25, 0.3) is 10.2 Å². The number of nitrogens with zero attached hydrogens (tertiary/aromatic N) is 1. The first-order chi connectivity index (χ1) is 11.6. The topological polar surface area (TPSA) is 22.1 Å². The lowest BCUT2D eigenvalue weighted by Gasteiger charge is -2.23. The van der Waals surface area contributed by atoms with Crippen molar-refractivity contribution in [2.24, 2.45) is 0 Å². The Hall–Kier alpha value is -2.13. The van der Waals surface area contributed by atoms with Gasteiger partial charge in [0, 0.05) is 5.41 Å². The molecule has 2 nitrogen and oxygen atoms in total. The van der Waals surface area contributed by atoms with Gasteiger partial charge < -0.3 is 4.74 Å². The van der Waals surface area contributed by atoms with Crippen LogP contribution in [0.1, 0.15) is 30.3 Å². The van der Waals surface area contributed by atoms with Gasteiger partial charge in [0.1, 0.15) is 10.8 Å². The summed E-state index contributed by atoms with van der Waals surface area (Å²) < 4.78 is 6.48. The first kappa shape index (κ1) is 16.7. The smallest absolute Gasteiger partial charge is 0.120 e. The molecule has 1 heterocycles. The van der Waals surface area contributed by atoms with E-state index in [4.69, 9.17) is 9.72 Å². The number of benzene rings is 2. The summed E-state index contributed by atoms with van der Waals surface area (Å²) in [6, 6.07) is 16.7. The molecule has 0 fully saturated rings. The SMILES string of the molecule is C=C[C@](C)(CCCc1ccccc1)c1nc2ccc(OC)cc2s1. The Balaban J connectivity index is 1.77. The van der Waals surface area contributed by atoms with Gasteiger partial charge in [-0.1, -0.05) is 36.4 Å². The minimum absolute atomic E-state index is 0.0916. The lowest BCUT2D eigenvalue weighted by Crippen LogP contribution is -2.18. The van der Waals surface area contributed by atoms with Crippen LogP contribution in [-0.4, -0.2) is 12.1 Å². The predicted molar refractivity (Wildman–Crippen MR) is 103 cm³/mol. The normalized spacial score (nSPS) is 13.6. The van der Waals surface area contributed by atoms with Gasteiger partial charge in [-0.15, -0.1) is 17.9 Å². The number of thiazole rings is 1. The summed E-state index contributed by atoms with van der Waals surface area (Å²) >= 11 is 1.74. The van der Waals surface area contributed by atoms with E-state index in [0.717, 1.165) is 35.5 Å². The standard InChI is InChI=1S/C21H23NOS/c1-4-21(2,14-8-11-16-9-6-5-7-10-16)20-22-18-13-12-17(23-3)15-19(18)24-20/h4-7,9-10,12-13,15H,1,8,11,14H2,2-3H3/t21-/m1/s1. The monoisotopic (exact) mass is 337 g/mol. The van der Waals surface area contributed by atoms with Gasteiger partial charge in [-0.05, 0) is 49.9 Å². The van der Waals surface area contributed by atoms with Crippen molar-refractivity contribution in [2.75, 3.05) is 7.11 Å². The molecule has 0 N–H and O–H groups in total. The van der Waals surface area contributed by atoms with Crippen molar-refractivity contribution in [1.82, 2.24) is 4.98 Å². The molecule has 124 valence electrons. The van der Waals surface area contributed by atoms with Crippen molar-refractivity contribution in [1.29, 1.82) is 0 Å². The lowest BCUT2D eigenvalue weighted by molar-refractivity contribution is 0.415. The Morgan fingerprint density at radius 2 is 2.00 bits per heavy atom. The van der Waals surface area contributed by atoms with E-state index in [1.807, 2.05) is 18.2 Å². The van der Waals surface area contributed by atoms with Crippen molar-refractivity contribution >= 4 is 21.6 Å². The van der Waals surface area contributed by atoms with E-state index in [1.165, 1.54) is 10.3 Å². The van der Waals surface area contributed by atoms with Gasteiger partial charge in [0.05, 0.1) is 17.3 Å². The molecule has 3 aromatic rings. The molecule has 0 unspecified atom stereocenters. The van der Waals surface area contributed by atoms with Gasteiger partial charge >= 0.3 is 0 Å². The second-order valence-corrected chi connectivity index (χ2v) is 7.34. The van der Waals surface area contributed by atoms with Crippen LogP contribution in [-0.2, 0) is 11.8 Å². The number of hydrogen-bond acceptors (Lipinski definition) is 3. The number of allylic oxidation sites excluding steroid dienone is 1. The molecule has 0 amide bonds. The summed E-state index contributed by atoms with van der Waals surface area (Å²) in [7, 11) is 1.69. The Bertz CT molecular complexity index is 824. The Morgan fingerprint density at radius 1 is 1.21 bits per heavy atom. The number of ether oxygens (including phenoxy) is 1. The van der Waals surface area contributed by atoms with Crippen molar-refractivity contribution in [3.05, 3.63) is 71.8 Å². The molecule has 0 saturated heterocycles. The molecule has 0 spiro atoms. The van der Waals surface area contributed by atoms with Crippen LogP contribution in [0.15, 0.2) is 61.2 Å². The van der Waals surface area contributed by atoms with Gasteiger partial charge in [0.25, 0.3) is 0 Å². The van der Waals surface area contributed by atoms with Crippen LogP contribution in [0.3, 0.4) is 0 Å². The Kier molecular flexibility index (Phi) is 5.00. The second-order valence-electron chi connectivity index (χ2n) is 6.31. The molecule has 24 heavy (non-hydrogen) atoms. The van der Waals surface area contributed by atoms with Crippen LogP contribution < -0.4 is 4.74 Å². The molecule has 1 atom stereocenters. The predicted octanol–water partition coefficient (Wildman–Crippen LogP) is 5.77. The van der Waals surface area contributed by atoms with Crippen molar-refractivity contribution in [2.45, 2.75) is 31.6 Å². The molecule has 0 aliphatic rings. The van der Waals surface area contributed by atoms with Crippen molar-refractivity contribution in [3.63, 3.8) is 0 Å². The second kappa shape index (κ2) is 7.18. The van der Waals surface area contributed by atoms with Crippen LogP contribution >= 0.6 is 11.3 Å². The third-order valence-electron chi connectivity index (χ3n) is 4.54. The zero-order chi connectivity index (χ0) is 17.0. The van der Waals surface area contributed by atoms with Gasteiger partial charge in [0.2, 0.25) is 0 Å². The summed E-state index contributed by atoms with van der Waals surface area (Å²) in [4.78, 5) is 4.85. The minimum Gasteiger partial charge on any atom is -0.497 e. The van der Waals surface area contributed by atoms with E-state index >= 15 is 0 Å². The summed E-state index contributed by atoms with van der Waals surface area (Å²) in [5.74, 6) is 0.877. The molecule has 0 bridgehead atoms. The average molecular weight is 337 g/mol. The molecule has 0 aliphatic carbocycles. The number of fused-ring (bicyclic) bond motifs is 1. The highest BCUT2D eigenvalue weighted by Gasteiger charge is 2.26. The summed E-state index contributed by atoms with van der Waals surface area (Å²) in [5, 5.41) is 1.13. The van der Waals surface area contributed by atoms with E-state index in [1.54, 1.807) is 18.4 Å². The zero-order valence-corrected chi connectivity index (χ0v) is 15.1. The number of methoxy groups -OCH3 is 1. The van der Waals surface area contributed by atoms with Gasteiger partial charge in [-0.2, -0.15) is 0 Å². The zero-order valence-electron chi connectivity index (χ0n) is 14.3. The first-order valence-corrected chi connectivity index (χ1v) is 9.09. The maximum Gasteiger partial charge on any atom is 0.120 e. The molecule has 0 aliphatic heterocycles. The first-order valence-electron chi connectivity index (χ1n) is 8.27. The lowest BCUT2D eigenvalue weighted by atomic mass is 9.85. The van der Waals surface area contributed by atoms with Crippen molar-refractivity contribution in [3.8, 4) is 5.75 Å². The molecule has 1 aromatic heterocycles. The third-order valence-corrected chi connectivity index (χ3v) is 5.84. The quantitative estimate of drug-likeness (QED) is 0.510. The highest BCUT2D eigenvalue weighted by Crippen LogP contribution is 2.37. The van der Waals surface area contributed by atoms with Crippen LogP contribution in [0.5, 0.6) is 5.75 Å². The van der Waals surface area contributed by atoms with E-state index in [-0.39, 0.29) is 5.41 Å². The number of aromatic nitrogens is 1. The maximum absolute atomic E-state index is 5.32. The molecule has 0 radical (unpaired) electrons. The van der Waals surface area contributed by atoms with E-state index in [9.17, 15) is 0 Å². The van der Waals surface area contributed by atoms with Crippen LogP contribution in [0.2, 0.25) is 0 Å². The molecule has 3 heteroatoms. The van der Waals surface area contributed by atoms with E-state index in [0.29, 0.717) is 0 Å². The molecule has 0 saturated carbocycles. The maximum atomic E-state index is 5.32. The van der Waals surface area contributed by atoms with E-state index in [2.05, 4.69) is 49.9 Å². The largest absolute Gasteiger partial charge is 0.497 e. The fourth-order valence-corrected chi connectivity index (χ4v) is 4.04. The van der Waals surface area contributed by atoms with Crippen LogP contribution in [0.4, 0.5) is 0 Å². The third kappa shape index (κ3) is 3.51. The fourth-order valence-electron chi connectivity index (χ4n) is 2.88.